The van der Waals surface area contributed by atoms with Gasteiger partial charge in [0, 0.05) is 49.7 Å². The molecule has 0 aromatic heterocycles. The number of urea groups is 1. The first-order valence-corrected chi connectivity index (χ1v) is 28.5. The quantitative estimate of drug-likeness (QED) is 0.0329. The maximum absolute atomic E-state index is 14.4. The molecule has 1 aliphatic heterocycles. The van der Waals surface area contributed by atoms with E-state index in [-0.39, 0.29) is 72.4 Å². The van der Waals surface area contributed by atoms with Crippen molar-refractivity contribution >= 4 is 63.3 Å². The highest BCUT2D eigenvalue weighted by molar-refractivity contribution is 7.90. The van der Waals surface area contributed by atoms with Crippen molar-refractivity contribution in [1.82, 2.24) is 46.4 Å². The van der Waals surface area contributed by atoms with Gasteiger partial charge in [0.15, 0.2) is 0 Å². The number of hydrogen-bond donors (Lipinski definition) is 8. The normalized spacial score (nSPS) is 16.3. The predicted molar refractivity (Wildman–Crippen MR) is 300 cm³/mol. The van der Waals surface area contributed by atoms with Crippen LogP contribution in [0, 0.1) is 17.3 Å². The first-order chi connectivity index (χ1) is 36.9. The van der Waals surface area contributed by atoms with Crippen LogP contribution in [0.3, 0.4) is 0 Å². The largest absolute Gasteiger partial charge is 0.352 e. The summed E-state index contributed by atoms with van der Waals surface area (Å²) in [5.41, 5.74) is 4.48. The summed E-state index contributed by atoms with van der Waals surface area (Å²) in [5.74, 6) is -4.60. The molecule has 0 radical (unpaired) electrons. The Morgan fingerprint density at radius 2 is 1.38 bits per heavy atom. The number of nitrogens with two attached hydrogens (primary N) is 1. The molecule has 4 rings (SSSR count). The highest BCUT2D eigenvalue weighted by Gasteiger charge is 2.47. The zero-order chi connectivity index (χ0) is 59.2. The Balaban J connectivity index is 1.42. The standard InChI is InChI=1S/C57H84N10O11S/c1-35(2)42(66(12)53(75)48(55(6,7)8)63-52(74)47(59-11)56(9,10)38-20-15-13-16-21-38)34-37(5)49(71)65-79(77,78)40-26-24-39(25-27-40)57(30-31-57)64-50(72)41(22-19-32-60-54(58)76)61-51(73)46(36(3)4)62-43(68)23-17-14-18-33-67-44(69)28-29-45(67)70/h13,15-16,20-21,24-29,34-36,41-42,46-48,59H,14,17-19,22-23,30-33H2,1-12H3,(H,61,73)(H,62,68)(H,63,74)(H,64,72)(H,65,71)(H3,58,60,76)/b37-34+/t41-,42+,46-,47+,48+/m0/s1. The van der Waals surface area contributed by atoms with Crippen LogP contribution in [-0.4, -0.2) is 129 Å². The second-order valence-electron chi connectivity index (χ2n) is 22.9. The van der Waals surface area contributed by atoms with Gasteiger partial charge in [0.2, 0.25) is 29.5 Å². The van der Waals surface area contributed by atoms with Crippen LogP contribution >= 0.6 is 0 Å². The van der Waals surface area contributed by atoms with Gasteiger partial charge in [0.1, 0.15) is 18.1 Å². The van der Waals surface area contributed by atoms with E-state index in [0.717, 1.165) is 10.5 Å². The third-order valence-electron chi connectivity index (χ3n) is 14.6. The molecule has 1 saturated carbocycles. The van der Waals surface area contributed by atoms with Crippen molar-refractivity contribution in [2.75, 3.05) is 27.2 Å². The summed E-state index contributed by atoms with van der Waals surface area (Å²) >= 11 is 0. The molecule has 0 unspecified atom stereocenters. The van der Waals surface area contributed by atoms with Crippen LogP contribution in [-0.2, 0) is 59.3 Å². The summed E-state index contributed by atoms with van der Waals surface area (Å²) < 4.78 is 29.6. The van der Waals surface area contributed by atoms with Crippen molar-refractivity contribution in [3.8, 4) is 0 Å². The number of sulfonamides is 1. The van der Waals surface area contributed by atoms with Crippen LogP contribution in [0.1, 0.15) is 132 Å². The number of imide groups is 1. The van der Waals surface area contributed by atoms with Crippen molar-refractivity contribution in [2.24, 2.45) is 23.0 Å². The molecule has 1 heterocycles. The molecule has 1 aliphatic carbocycles. The molecule has 79 heavy (non-hydrogen) atoms. The summed E-state index contributed by atoms with van der Waals surface area (Å²) in [5, 5.41) is 17.2. The molecule has 2 aromatic carbocycles. The van der Waals surface area contributed by atoms with Crippen molar-refractivity contribution in [1.29, 1.82) is 0 Å². The Morgan fingerprint density at radius 3 is 1.91 bits per heavy atom. The topological polar surface area (TPSA) is 304 Å². The van der Waals surface area contributed by atoms with Gasteiger partial charge in [0.25, 0.3) is 27.7 Å². The molecule has 2 aromatic rings. The van der Waals surface area contributed by atoms with Gasteiger partial charge in [-0.05, 0) is 93.0 Å². The van der Waals surface area contributed by atoms with Crippen molar-refractivity contribution in [2.45, 2.75) is 167 Å². The lowest BCUT2D eigenvalue weighted by Gasteiger charge is -2.40. The number of carbonyl (C=O) groups is 9. The number of carbonyl (C=O) groups excluding carboxylic acids is 9. The highest BCUT2D eigenvalue weighted by Crippen LogP contribution is 2.46. The summed E-state index contributed by atoms with van der Waals surface area (Å²) in [6.07, 6.45) is 6.86. The van der Waals surface area contributed by atoms with Gasteiger partial charge >= 0.3 is 6.03 Å². The Labute approximate surface area is 465 Å². The Bertz CT molecular complexity index is 2700. The average Bonchev–Trinajstić information content (AvgIpc) is 4.12. The number of nitrogens with one attached hydrogen (secondary N) is 7. The fourth-order valence-corrected chi connectivity index (χ4v) is 10.5. The second kappa shape index (κ2) is 27.8. The van der Waals surface area contributed by atoms with Crippen LogP contribution in [0.25, 0.3) is 0 Å². The maximum Gasteiger partial charge on any atom is 0.312 e. The SMILES string of the molecule is CN[C@H](C(=O)N[C@H](C(=O)N(C)[C@H](/C=C(\C)C(=O)NS(=O)(=O)c1ccc(C2(NC(=O)[C@H](CCCNC(N)=O)NC(=O)[C@@H](NC(=O)CCCCCN3C(=O)C=CC3=O)C(C)C)CC2)cc1)C(C)C)C(C)(C)C)C(C)(C)c1ccccc1. The number of hydrogen-bond acceptors (Lipinski definition) is 12. The van der Waals surface area contributed by atoms with Gasteiger partial charge < -0.3 is 42.5 Å². The molecule has 0 bridgehead atoms. The van der Waals surface area contributed by atoms with E-state index < -0.39 is 92.2 Å². The molecule has 10 amide bonds. The number of rotatable bonds is 29. The maximum atomic E-state index is 14.4. The van der Waals surface area contributed by atoms with E-state index in [9.17, 15) is 51.6 Å². The molecule has 0 saturated heterocycles. The van der Waals surface area contributed by atoms with Gasteiger partial charge in [-0.1, -0.05) is 117 Å². The number of primary amides is 1. The smallest absolute Gasteiger partial charge is 0.312 e. The summed E-state index contributed by atoms with van der Waals surface area (Å²) in [7, 11) is -1.16. The summed E-state index contributed by atoms with van der Waals surface area (Å²) in [6, 6.07) is 10.1. The minimum Gasteiger partial charge on any atom is -0.352 e. The third kappa shape index (κ3) is 17.8. The van der Waals surface area contributed by atoms with E-state index in [2.05, 4.69) is 36.6 Å². The van der Waals surface area contributed by atoms with Crippen LogP contribution in [0.4, 0.5) is 4.79 Å². The monoisotopic (exact) mass is 1120 g/mol. The first kappa shape index (κ1) is 64.6. The Morgan fingerprint density at radius 1 is 0.772 bits per heavy atom. The van der Waals surface area contributed by atoms with Gasteiger partial charge in [-0.3, -0.25) is 43.3 Å². The van der Waals surface area contributed by atoms with E-state index in [0.29, 0.717) is 37.7 Å². The molecule has 0 spiro atoms. The number of unbranched alkanes of at least 4 members (excludes halogenated alkanes) is 2. The van der Waals surface area contributed by atoms with Gasteiger partial charge in [0.05, 0.1) is 22.5 Å². The van der Waals surface area contributed by atoms with Crippen molar-refractivity contribution in [3.63, 3.8) is 0 Å². The fourth-order valence-electron chi connectivity index (χ4n) is 9.52. The molecular weight excluding hydrogens is 1030 g/mol. The highest BCUT2D eigenvalue weighted by atomic mass is 32.2. The molecule has 434 valence electrons. The second-order valence-corrected chi connectivity index (χ2v) is 24.6. The van der Waals surface area contributed by atoms with Gasteiger partial charge in [-0.15, -0.1) is 0 Å². The van der Waals surface area contributed by atoms with Crippen molar-refractivity contribution in [3.05, 3.63) is 89.5 Å². The molecule has 5 atom stereocenters. The van der Waals surface area contributed by atoms with Crippen LogP contribution in [0.5, 0.6) is 0 Å². The molecule has 22 heteroatoms. The fraction of sp³-hybridized carbons (Fsp3) is 0.561. The van der Waals surface area contributed by atoms with Crippen molar-refractivity contribution < 1.29 is 51.6 Å². The van der Waals surface area contributed by atoms with Crippen LogP contribution in [0.2, 0.25) is 0 Å². The van der Waals surface area contributed by atoms with Crippen LogP contribution < -0.4 is 42.4 Å². The average molecular weight is 1120 g/mol. The zero-order valence-corrected chi connectivity index (χ0v) is 48.7. The first-order valence-electron chi connectivity index (χ1n) is 27.0. The minimum atomic E-state index is -4.44. The molecule has 21 nitrogen and oxygen atoms in total. The molecular formula is C57H84N10O11S. The molecule has 2 aliphatic rings. The summed E-state index contributed by atoms with van der Waals surface area (Å²) in [6.45, 7) is 18.5. The van der Waals surface area contributed by atoms with E-state index in [1.54, 1.807) is 27.9 Å². The Kier molecular flexibility index (Phi) is 22.7. The summed E-state index contributed by atoms with van der Waals surface area (Å²) in [4.78, 5) is 120. The number of nitrogens with zero attached hydrogens (tertiary/aromatic N) is 2. The number of amides is 10. The minimum absolute atomic E-state index is 0.0290. The lowest BCUT2D eigenvalue weighted by Crippen LogP contribution is -2.61. The van der Waals surface area contributed by atoms with E-state index in [1.807, 2.05) is 78.8 Å². The molecule has 1 fully saturated rings. The zero-order valence-electron chi connectivity index (χ0n) is 47.9. The van der Waals surface area contributed by atoms with E-state index in [4.69, 9.17) is 5.73 Å². The lowest BCUT2D eigenvalue weighted by molar-refractivity contribution is -0.141. The van der Waals surface area contributed by atoms with Gasteiger partial charge in [-0.2, -0.15) is 0 Å². The van der Waals surface area contributed by atoms with Crippen LogP contribution in [0.15, 0.2) is 83.3 Å². The third-order valence-corrected chi connectivity index (χ3v) is 15.9. The van der Waals surface area contributed by atoms with E-state index >= 15 is 0 Å². The van der Waals surface area contributed by atoms with Gasteiger partial charge in [-0.25, -0.2) is 17.9 Å². The molecule has 9 N–H and O–H groups in total. The Hall–Kier alpha value is -6.94. The number of benzene rings is 2. The van der Waals surface area contributed by atoms with E-state index in [1.165, 1.54) is 54.3 Å². The predicted octanol–water partition coefficient (Wildman–Crippen LogP) is 3.68. The number of likely N-dealkylation sites (N-methyl/N-ethyl adjacent to an activating group) is 2. The lowest BCUT2D eigenvalue weighted by atomic mass is 9.76.